The molecule has 1 saturated heterocycles. The van der Waals surface area contributed by atoms with Crippen molar-refractivity contribution in [3.8, 4) is 0 Å². The van der Waals surface area contributed by atoms with E-state index in [1.54, 1.807) is 17.0 Å². The average Bonchev–Trinajstić information content (AvgIpc) is 2.88. The quantitative estimate of drug-likeness (QED) is 0.487. The molecule has 5 nitrogen and oxygen atoms in total. The zero-order valence-corrected chi connectivity index (χ0v) is 12.7. The summed E-state index contributed by atoms with van der Waals surface area (Å²) in [5, 5.41) is 2.31. The summed E-state index contributed by atoms with van der Waals surface area (Å²) in [5.74, 6) is -0.395. The maximum absolute atomic E-state index is 12.1. The number of esters is 1. The Labute approximate surface area is 128 Å². The number of isothiocyanates is 1. The number of thiocarbonyl (C=S) groups is 1. The SMILES string of the molecule is COC(=O)C1CCC(=O)N1C(C)c1ccc(N=C=S)cc1. The van der Waals surface area contributed by atoms with Crippen LogP contribution in [0.3, 0.4) is 0 Å². The first kappa shape index (κ1) is 15.4. The van der Waals surface area contributed by atoms with Crippen LogP contribution in [0.25, 0.3) is 0 Å². The molecule has 2 atom stereocenters. The molecule has 0 saturated carbocycles. The number of carbonyl (C=O) groups is 2. The molecule has 0 bridgehead atoms. The second-order valence-electron chi connectivity index (χ2n) is 4.85. The minimum Gasteiger partial charge on any atom is -0.467 e. The summed E-state index contributed by atoms with van der Waals surface area (Å²) < 4.78 is 4.78. The molecule has 2 unspecified atom stereocenters. The summed E-state index contributed by atoms with van der Waals surface area (Å²) in [6.45, 7) is 1.90. The molecule has 1 amide bonds. The van der Waals surface area contributed by atoms with Crippen LogP contribution in [0.1, 0.15) is 31.4 Å². The van der Waals surface area contributed by atoms with Gasteiger partial charge in [0.15, 0.2) is 0 Å². The van der Waals surface area contributed by atoms with Crippen LogP contribution in [0.2, 0.25) is 0 Å². The summed E-state index contributed by atoms with van der Waals surface area (Å²) in [7, 11) is 1.34. The molecule has 0 spiro atoms. The van der Waals surface area contributed by atoms with Crippen LogP contribution in [-0.4, -0.2) is 35.1 Å². The summed E-state index contributed by atoms with van der Waals surface area (Å²) in [4.78, 5) is 29.3. The lowest BCUT2D eigenvalue weighted by atomic mass is 10.1. The van der Waals surface area contributed by atoms with Gasteiger partial charge in [0.1, 0.15) is 6.04 Å². The number of amides is 1. The zero-order chi connectivity index (χ0) is 15.4. The van der Waals surface area contributed by atoms with Crippen molar-refractivity contribution < 1.29 is 14.3 Å². The Morgan fingerprint density at radius 3 is 2.71 bits per heavy atom. The van der Waals surface area contributed by atoms with Crippen molar-refractivity contribution in [2.75, 3.05) is 7.11 Å². The number of hydrogen-bond acceptors (Lipinski definition) is 5. The number of methoxy groups -OCH3 is 1. The van der Waals surface area contributed by atoms with E-state index in [2.05, 4.69) is 22.4 Å². The summed E-state index contributed by atoms with van der Waals surface area (Å²) in [5.41, 5.74) is 1.64. The summed E-state index contributed by atoms with van der Waals surface area (Å²) in [6.07, 6.45) is 0.876. The molecule has 1 heterocycles. The van der Waals surface area contributed by atoms with Gasteiger partial charge in [0.2, 0.25) is 5.91 Å². The van der Waals surface area contributed by atoms with E-state index in [1.807, 2.05) is 19.1 Å². The number of likely N-dealkylation sites (tertiary alicyclic amines) is 1. The topological polar surface area (TPSA) is 59.0 Å². The van der Waals surface area contributed by atoms with E-state index in [0.717, 1.165) is 5.56 Å². The zero-order valence-electron chi connectivity index (χ0n) is 11.9. The first-order chi connectivity index (χ1) is 10.1. The van der Waals surface area contributed by atoms with Gasteiger partial charge in [-0.3, -0.25) is 4.79 Å². The van der Waals surface area contributed by atoms with Crippen LogP contribution in [0.5, 0.6) is 0 Å². The molecule has 6 heteroatoms. The highest BCUT2D eigenvalue weighted by atomic mass is 32.1. The van der Waals surface area contributed by atoms with Crippen molar-refractivity contribution in [3.05, 3.63) is 29.8 Å². The Balaban J connectivity index is 2.24. The Hall–Kier alpha value is -2.04. The van der Waals surface area contributed by atoms with Crippen LogP contribution in [0, 0.1) is 0 Å². The van der Waals surface area contributed by atoms with E-state index in [0.29, 0.717) is 18.5 Å². The van der Waals surface area contributed by atoms with Gasteiger partial charge in [0.05, 0.1) is 24.0 Å². The molecule has 0 aromatic heterocycles. The number of benzene rings is 1. The van der Waals surface area contributed by atoms with Gasteiger partial charge in [0.25, 0.3) is 0 Å². The highest BCUT2D eigenvalue weighted by Crippen LogP contribution is 2.31. The van der Waals surface area contributed by atoms with Gasteiger partial charge in [0, 0.05) is 6.42 Å². The van der Waals surface area contributed by atoms with Gasteiger partial charge in [-0.25, -0.2) is 4.79 Å². The lowest BCUT2D eigenvalue weighted by molar-refractivity contribution is -0.150. The monoisotopic (exact) mass is 304 g/mol. The predicted molar refractivity (Wildman–Crippen MR) is 81.4 cm³/mol. The Bertz CT molecular complexity index is 593. The highest BCUT2D eigenvalue weighted by molar-refractivity contribution is 7.78. The van der Waals surface area contributed by atoms with Crippen LogP contribution in [0.15, 0.2) is 29.3 Å². The maximum Gasteiger partial charge on any atom is 0.328 e. The number of hydrogen-bond donors (Lipinski definition) is 0. The van der Waals surface area contributed by atoms with Gasteiger partial charge in [-0.1, -0.05) is 12.1 Å². The van der Waals surface area contributed by atoms with Gasteiger partial charge in [-0.2, -0.15) is 4.99 Å². The van der Waals surface area contributed by atoms with Crippen LogP contribution >= 0.6 is 12.2 Å². The molecule has 0 N–H and O–H groups in total. The minimum absolute atomic E-state index is 0.0288. The Kier molecular flexibility index (Phi) is 4.83. The van der Waals surface area contributed by atoms with Gasteiger partial charge >= 0.3 is 5.97 Å². The molecular weight excluding hydrogens is 288 g/mol. The third-order valence-electron chi connectivity index (χ3n) is 3.70. The lowest BCUT2D eigenvalue weighted by Gasteiger charge is -2.29. The van der Waals surface area contributed by atoms with Gasteiger partial charge in [-0.15, -0.1) is 0 Å². The fourth-order valence-corrected chi connectivity index (χ4v) is 2.70. The van der Waals surface area contributed by atoms with Crippen LogP contribution in [0.4, 0.5) is 5.69 Å². The second kappa shape index (κ2) is 6.61. The molecule has 0 aliphatic carbocycles. The van der Waals surface area contributed by atoms with E-state index >= 15 is 0 Å². The Morgan fingerprint density at radius 1 is 1.48 bits per heavy atom. The van der Waals surface area contributed by atoms with Crippen molar-refractivity contribution in [3.63, 3.8) is 0 Å². The molecule has 0 radical (unpaired) electrons. The summed E-state index contributed by atoms with van der Waals surface area (Å²) >= 11 is 4.56. The molecule has 1 aromatic rings. The van der Waals surface area contributed by atoms with E-state index in [9.17, 15) is 9.59 Å². The first-order valence-electron chi connectivity index (χ1n) is 6.65. The van der Waals surface area contributed by atoms with E-state index in [1.165, 1.54) is 7.11 Å². The number of nitrogens with zero attached hydrogens (tertiary/aromatic N) is 2. The maximum atomic E-state index is 12.1. The highest BCUT2D eigenvalue weighted by Gasteiger charge is 2.39. The minimum atomic E-state index is -0.504. The molecular formula is C15H16N2O3S. The summed E-state index contributed by atoms with van der Waals surface area (Å²) in [6, 6.07) is 6.65. The van der Waals surface area contributed by atoms with E-state index in [-0.39, 0.29) is 17.9 Å². The molecule has 21 heavy (non-hydrogen) atoms. The molecule has 1 aliphatic rings. The standard InChI is InChI=1S/C15H16N2O3S/c1-10(11-3-5-12(6-4-11)16-9-21)17-13(15(19)20-2)7-8-14(17)18/h3-6,10,13H,7-8H2,1-2H3. The molecule has 110 valence electrons. The molecule has 1 aromatic carbocycles. The number of carbonyl (C=O) groups excluding carboxylic acids is 2. The smallest absolute Gasteiger partial charge is 0.328 e. The van der Waals surface area contributed by atoms with E-state index < -0.39 is 6.04 Å². The molecule has 2 rings (SSSR count). The number of rotatable bonds is 4. The van der Waals surface area contributed by atoms with Crippen molar-refractivity contribution in [1.29, 1.82) is 0 Å². The largest absolute Gasteiger partial charge is 0.467 e. The van der Waals surface area contributed by atoms with Gasteiger partial charge < -0.3 is 9.64 Å². The van der Waals surface area contributed by atoms with Crippen molar-refractivity contribution >= 4 is 34.9 Å². The fraction of sp³-hybridized carbons (Fsp3) is 0.400. The normalized spacial score (nSPS) is 19.0. The van der Waals surface area contributed by atoms with Gasteiger partial charge in [-0.05, 0) is 43.3 Å². The van der Waals surface area contributed by atoms with Crippen molar-refractivity contribution in [2.24, 2.45) is 4.99 Å². The third kappa shape index (κ3) is 3.17. The lowest BCUT2D eigenvalue weighted by Crippen LogP contribution is -2.40. The van der Waals surface area contributed by atoms with Crippen molar-refractivity contribution in [2.45, 2.75) is 31.8 Å². The number of ether oxygens (including phenoxy) is 1. The van der Waals surface area contributed by atoms with Crippen molar-refractivity contribution in [1.82, 2.24) is 4.90 Å². The predicted octanol–water partition coefficient (Wildman–Crippen LogP) is 2.65. The molecule has 1 fully saturated rings. The third-order valence-corrected chi connectivity index (χ3v) is 3.79. The number of aliphatic imine (C=N–C) groups is 1. The second-order valence-corrected chi connectivity index (χ2v) is 5.03. The Morgan fingerprint density at radius 2 is 2.14 bits per heavy atom. The fourth-order valence-electron chi connectivity index (χ4n) is 2.60. The first-order valence-corrected chi connectivity index (χ1v) is 7.06. The average molecular weight is 304 g/mol. The van der Waals surface area contributed by atoms with Crippen LogP contribution in [-0.2, 0) is 14.3 Å². The van der Waals surface area contributed by atoms with Crippen LogP contribution < -0.4 is 0 Å². The molecule has 1 aliphatic heterocycles. The van der Waals surface area contributed by atoms with E-state index in [4.69, 9.17) is 4.74 Å².